The van der Waals surface area contributed by atoms with Crippen LogP contribution in [-0.2, 0) is 0 Å². The van der Waals surface area contributed by atoms with Crippen LogP contribution >= 0.6 is 0 Å². The summed E-state index contributed by atoms with van der Waals surface area (Å²) in [5, 5.41) is 10.5. The Kier molecular flexibility index (Phi) is 5.25. The van der Waals surface area contributed by atoms with Gasteiger partial charge in [0.05, 0.1) is 5.69 Å². The Morgan fingerprint density at radius 3 is 2.88 bits per heavy atom. The minimum absolute atomic E-state index is 0.0286. The standard InChI is InChI=1S/C23H22FN7O2/c1-3-5-14-11-18(30-29-14)28-21-19(23(32)31-8-4-9-31)22(26-12-25-21)33-17-7-6-16-15(20(17)24)10-13(2)27-16/h3,5-7,10-12,27H,4,8-9H2,1-2H3,(H2,25,26,28,29,30)/b5-3+. The number of rotatable bonds is 6. The molecule has 9 nitrogen and oxygen atoms in total. The van der Waals surface area contributed by atoms with E-state index < -0.39 is 5.82 Å². The Hall–Kier alpha value is -4.21. The Labute approximate surface area is 188 Å². The molecule has 0 atom stereocenters. The van der Waals surface area contributed by atoms with E-state index in [-0.39, 0.29) is 28.9 Å². The van der Waals surface area contributed by atoms with Crippen LogP contribution in [0.2, 0.25) is 0 Å². The van der Waals surface area contributed by atoms with Crippen molar-refractivity contribution in [2.75, 3.05) is 18.4 Å². The van der Waals surface area contributed by atoms with Crippen LogP contribution in [0.4, 0.5) is 16.0 Å². The number of ether oxygens (including phenoxy) is 1. The highest BCUT2D eigenvalue weighted by Crippen LogP contribution is 2.34. The first-order chi connectivity index (χ1) is 16.0. The van der Waals surface area contributed by atoms with E-state index in [0.717, 1.165) is 17.8 Å². The second kappa shape index (κ2) is 8.38. The number of halogens is 1. The number of aromatic amines is 2. The van der Waals surface area contributed by atoms with Gasteiger partial charge in [-0.25, -0.2) is 14.4 Å². The average molecular weight is 447 g/mol. The van der Waals surface area contributed by atoms with E-state index in [1.54, 1.807) is 23.1 Å². The zero-order valence-corrected chi connectivity index (χ0v) is 18.1. The van der Waals surface area contributed by atoms with E-state index in [0.29, 0.717) is 29.8 Å². The molecule has 0 spiro atoms. The summed E-state index contributed by atoms with van der Waals surface area (Å²) >= 11 is 0. The maximum absolute atomic E-state index is 15.1. The first-order valence-electron chi connectivity index (χ1n) is 10.6. The van der Waals surface area contributed by atoms with Crippen molar-refractivity contribution in [1.29, 1.82) is 0 Å². The molecule has 1 fully saturated rings. The van der Waals surface area contributed by atoms with Crippen molar-refractivity contribution in [2.45, 2.75) is 20.3 Å². The van der Waals surface area contributed by atoms with Crippen LogP contribution in [0.25, 0.3) is 17.0 Å². The third-order valence-electron chi connectivity index (χ3n) is 5.40. The number of carbonyl (C=O) groups excluding carboxylic acids is 1. The number of nitrogens with zero attached hydrogens (tertiary/aromatic N) is 4. The van der Waals surface area contributed by atoms with Gasteiger partial charge in [0.25, 0.3) is 5.91 Å². The van der Waals surface area contributed by atoms with Crippen molar-refractivity contribution in [1.82, 2.24) is 30.0 Å². The summed E-state index contributed by atoms with van der Waals surface area (Å²) in [5.41, 5.74) is 2.41. The van der Waals surface area contributed by atoms with Crippen LogP contribution < -0.4 is 10.1 Å². The predicted molar refractivity (Wildman–Crippen MR) is 122 cm³/mol. The lowest BCUT2D eigenvalue weighted by Crippen LogP contribution is -2.42. The lowest BCUT2D eigenvalue weighted by molar-refractivity contribution is 0.0649. The fourth-order valence-corrected chi connectivity index (χ4v) is 3.67. The number of allylic oxidation sites excluding steroid dienone is 1. The molecule has 3 N–H and O–H groups in total. The molecule has 4 aromatic rings. The van der Waals surface area contributed by atoms with E-state index in [1.807, 2.05) is 26.0 Å². The van der Waals surface area contributed by atoms with E-state index in [4.69, 9.17) is 4.74 Å². The molecule has 10 heteroatoms. The Morgan fingerprint density at radius 2 is 2.12 bits per heavy atom. The molecular formula is C23H22FN7O2. The van der Waals surface area contributed by atoms with Crippen LogP contribution in [-0.4, -0.2) is 49.0 Å². The summed E-state index contributed by atoms with van der Waals surface area (Å²) in [6.45, 7) is 5.01. The quantitative estimate of drug-likeness (QED) is 0.400. The summed E-state index contributed by atoms with van der Waals surface area (Å²) in [6, 6.07) is 6.72. The van der Waals surface area contributed by atoms with Gasteiger partial charge in [-0.15, -0.1) is 0 Å². The smallest absolute Gasteiger partial charge is 0.263 e. The zero-order chi connectivity index (χ0) is 22.9. The zero-order valence-electron chi connectivity index (χ0n) is 18.1. The third kappa shape index (κ3) is 3.91. The number of likely N-dealkylation sites (tertiary alicyclic amines) is 1. The number of amides is 1. The Morgan fingerprint density at radius 1 is 1.27 bits per heavy atom. The molecule has 33 heavy (non-hydrogen) atoms. The molecule has 3 aromatic heterocycles. The number of anilines is 2. The summed E-state index contributed by atoms with van der Waals surface area (Å²) in [7, 11) is 0. The molecule has 1 aromatic carbocycles. The van der Waals surface area contributed by atoms with E-state index in [1.165, 1.54) is 12.4 Å². The van der Waals surface area contributed by atoms with Crippen molar-refractivity contribution in [3.05, 3.63) is 59.4 Å². The van der Waals surface area contributed by atoms with Gasteiger partial charge in [-0.1, -0.05) is 6.08 Å². The lowest BCUT2D eigenvalue weighted by Gasteiger charge is -2.31. The topological polar surface area (TPSA) is 112 Å². The van der Waals surface area contributed by atoms with Crippen LogP contribution in [0.5, 0.6) is 11.6 Å². The number of aromatic nitrogens is 5. The predicted octanol–water partition coefficient (Wildman–Crippen LogP) is 4.54. The largest absolute Gasteiger partial charge is 0.435 e. The highest BCUT2D eigenvalue weighted by Gasteiger charge is 2.30. The summed E-state index contributed by atoms with van der Waals surface area (Å²) in [6.07, 6.45) is 5.92. The van der Waals surface area contributed by atoms with E-state index >= 15 is 4.39 Å². The number of hydrogen-bond donors (Lipinski definition) is 3. The number of H-pyrrole nitrogens is 2. The van der Waals surface area contributed by atoms with Gasteiger partial charge in [-0.05, 0) is 44.5 Å². The van der Waals surface area contributed by atoms with Crippen LogP contribution in [0.15, 0.2) is 36.7 Å². The first-order valence-corrected chi connectivity index (χ1v) is 10.6. The van der Waals surface area contributed by atoms with Gasteiger partial charge in [0.15, 0.2) is 23.2 Å². The number of hydrogen-bond acceptors (Lipinski definition) is 6. The third-order valence-corrected chi connectivity index (χ3v) is 5.40. The summed E-state index contributed by atoms with van der Waals surface area (Å²) in [4.78, 5) is 26.4. The highest BCUT2D eigenvalue weighted by molar-refractivity contribution is 6.02. The molecule has 1 saturated heterocycles. The van der Waals surface area contributed by atoms with Crippen molar-refractivity contribution in [3.8, 4) is 11.6 Å². The van der Waals surface area contributed by atoms with Gasteiger partial charge in [0.2, 0.25) is 5.88 Å². The first kappa shape index (κ1) is 20.7. The molecule has 0 bridgehead atoms. The molecule has 0 aliphatic carbocycles. The molecular weight excluding hydrogens is 425 g/mol. The molecule has 1 amide bonds. The molecule has 4 heterocycles. The van der Waals surface area contributed by atoms with Crippen LogP contribution in [0.3, 0.4) is 0 Å². The summed E-state index contributed by atoms with van der Waals surface area (Å²) < 4.78 is 21.0. The fraction of sp³-hybridized carbons (Fsp3) is 0.217. The number of aryl methyl sites for hydroxylation is 1. The average Bonchev–Trinajstić information content (AvgIpc) is 3.35. The van der Waals surface area contributed by atoms with Gasteiger partial charge in [0.1, 0.15) is 11.9 Å². The molecule has 0 saturated carbocycles. The lowest BCUT2D eigenvalue weighted by atomic mass is 10.1. The number of carbonyl (C=O) groups is 1. The van der Waals surface area contributed by atoms with Gasteiger partial charge in [-0.2, -0.15) is 5.10 Å². The van der Waals surface area contributed by atoms with Crippen molar-refractivity contribution in [3.63, 3.8) is 0 Å². The van der Waals surface area contributed by atoms with Crippen molar-refractivity contribution < 1.29 is 13.9 Å². The second-order valence-corrected chi connectivity index (χ2v) is 7.78. The molecule has 5 rings (SSSR count). The monoisotopic (exact) mass is 447 g/mol. The normalized spacial score (nSPS) is 13.5. The molecule has 168 valence electrons. The Balaban J connectivity index is 1.54. The van der Waals surface area contributed by atoms with E-state index in [2.05, 4.69) is 30.5 Å². The van der Waals surface area contributed by atoms with Crippen molar-refractivity contribution in [2.24, 2.45) is 0 Å². The fourth-order valence-electron chi connectivity index (χ4n) is 3.67. The highest BCUT2D eigenvalue weighted by atomic mass is 19.1. The molecule has 1 aliphatic heterocycles. The summed E-state index contributed by atoms with van der Waals surface area (Å²) in [5.74, 6) is -0.175. The van der Waals surface area contributed by atoms with Gasteiger partial charge < -0.3 is 19.9 Å². The second-order valence-electron chi connectivity index (χ2n) is 7.78. The van der Waals surface area contributed by atoms with Gasteiger partial charge >= 0.3 is 0 Å². The molecule has 1 aliphatic rings. The number of fused-ring (bicyclic) bond motifs is 1. The number of nitrogens with one attached hydrogen (secondary N) is 3. The van der Waals surface area contributed by atoms with Crippen LogP contribution in [0.1, 0.15) is 35.1 Å². The number of benzene rings is 1. The SMILES string of the molecule is C/C=C/c1cc(Nc2ncnc(Oc3ccc4[nH]c(C)cc4c3F)c2C(=O)N2CCC2)n[nH]1. The van der Waals surface area contributed by atoms with E-state index in [9.17, 15) is 4.79 Å². The Bertz CT molecular complexity index is 1370. The minimum atomic E-state index is -0.532. The minimum Gasteiger partial charge on any atom is -0.435 e. The molecule has 0 unspecified atom stereocenters. The maximum Gasteiger partial charge on any atom is 0.263 e. The van der Waals surface area contributed by atoms with Gasteiger partial charge in [-0.3, -0.25) is 9.89 Å². The maximum atomic E-state index is 15.1. The van der Waals surface area contributed by atoms with Crippen LogP contribution in [0, 0.1) is 12.7 Å². The molecule has 0 radical (unpaired) electrons. The van der Waals surface area contributed by atoms with Crippen molar-refractivity contribution >= 4 is 34.5 Å². The van der Waals surface area contributed by atoms with Gasteiger partial charge in [0, 0.05) is 35.8 Å².